The molecule has 0 aliphatic heterocycles. The van der Waals surface area contributed by atoms with E-state index in [2.05, 4.69) is 29.2 Å². The fourth-order valence-corrected chi connectivity index (χ4v) is 5.09. The van der Waals surface area contributed by atoms with Crippen molar-refractivity contribution in [3.63, 3.8) is 0 Å². The molecular formula is C25H37N5O2. The lowest BCUT2D eigenvalue weighted by Gasteiger charge is -2.34. The predicted molar refractivity (Wildman–Crippen MR) is 124 cm³/mol. The van der Waals surface area contributed by atoms with Crippen molar-refractivity contribution in [1.29, 1.82) is 0 Å². The van der Waals surface area contributed by atoms with Crippen molar-refractivity contribution in [2.45, 2.75) is 70.8 Å². The summed E-state index contributed by atoms with van der Waals surface area (Å²) in [5.74, 6) is 3.10. The average molecular weight is 440 g/mol. The van der Waals surface area contributed by atoms with E-state index < -0.39 is 0 Å². The molecule has 0 aromatic carbocycles. The molecule has 1 amide bonds. The lowest BCUT2D eigenvalue weighted by Crippen LogP contribution is -2.40. The molecule has 0 radical (unpaired) electrons. The Bertz CT molecular complexity index is 915. The topological polar surface area (TPSA) is 81.9 Å². The molecule has 2 aliphatic rings. The van der Waals surface area contributed by atoms with Gasteiger partial charge in [-0.15, -0.1) is 0 Å². The van der Waals surface area contributed by atoms with Crippen LogP contribution in [0.3, 0.4) is 0 Å². The highest BCUT2D eigenvalue weighted by Crippen LogP contribution is 2.38. The van der Waals surface area contributed by atoms with Gasteiger partial charge in [-0.1, -0.05) is 13.8 Å². The van der Waals surface area contributed by atoms with Crippen molar-refractivity contribution < 1.29 is 9.53 Å². The second kappa shape index (κ2) is 10.1. The molecule has 2 atom stereocenters. The molecule has 4 rings (SSSR count). The molecule has 2 aromatic rings. The number of aryl methyl sites for hydroxylation is 1. The highest BCUT2D eigenvalue weighted by molar-refractivity contribution is 5.77. The second-order valence-corrected chi connectivity index (χ2v) is 9.84. The molecule has 2 heterocycles. The van der Waals surface area contributed by atoms with Gasteiger partial charge in [0.25, 0.3) is 0 Å². The highest BCUT2D eigenvalue weighted by Gasteiger charge is 2.31. The molecule has 7 nitrogen and oxygen atoms in total. The van der Waals surface area contributed by atoms with Crippen molar-refractivity contribution in [2.24, 2.45) is 24.8 Å². The standard InChI is InChI=1S/C25H37N5O2/c1-16(19-7-9-20(10-8-19)28-24(31)15-32-4)17(2)25-26-12-11-22(29-25)21-14-27-30(3)23(21)13-18-5-6-18/h11-12,14,16-20H,5-10,13,15H2,1-4H3,(H,28,31)/t16-,17?,19?,20?/m0/s1. The van der Waals surface area contributed by atoms with Gasteiger partial charge in [0.1, 0.15) is 12.4 Å². The van der Waals surface area contributed by atoms with Crippen molar-refractivity contribution >= 4 is 5.91 Å². The summed E-state index contributed by atoms with van der Waals surface area (Å²) in [5, 5.41) is 7.61. The molecule has 174 valence electrons. The quantitative estimate of drug-likeness (QED) is 0.641. The first-order chi connectivity index (χ1) is 15.5. The van der Waals surface area contributed by atoms with Crippen molar-refractivity contribution in [3.05, 3.63) is 30.0 Å². The summed E-state index contributed by atoms with van der Waals surface area (Å²) in [5.41, 5.74) is 3.42. The van der Waals surface area contributed by atoms with Crippen LogP contribution >= 0.6 is 0 Å². The fraction of sp³-hybridized carbons (Fsp3) is 0.680. The molecule has 2 saturated carbocycles. The van der Waals surface area contributed by atoms with Gasteiger partial charge in [0.2, 0.25) is 5.91 Å². The fourth-order valence-electron chi connectivity index (χ4n) is 5.09. The number of methoxy groups -OCH3 is 1. The summed E-state index contributed by atoms with van der Waals surface area (Å²) in [7, 11) is 3.58. The Labute approximate surface area is 191 Å². The molecule has 1 N–H and O–H groups in total. The summed E-state index contributed by atoms with van der Waals surface area (Å²) in [6, 6.07) is 2.29. The number of ether oxygens (including phenoxy) is 1. The summed E-state index contributed by atoms with van der Waals surface area (Å²) < 4.78 is 6.93. The van der Waals surface area contributed by atoms with E-state index in [1.54, 1.807) is 7.11 Å². The van der Waals surface area contributed by atoms with Crippen LogP contribution in [-0.2, 0) is 23.0 Å². The minimum absolute atomic E-state index is 0.0148. The Morgan fingerprint density at radius 3 is 2.66 bits per heavy atom. The predicted octanol–water partition coefficient (Wildman–Crippen LogP) is 3.89. The largest absolute Gasteiger partial charge is 0.375 e. The summed E-state index contributed by atoms with van der Waals surface area (Å²) >= 11 is 0. The monoisotopic (exact) mass is 439 g/mol. The summed E-state index contributed by atoms with van der Waals surface area (Å²) in [6.45, 7) is 4.72. The van der Waals surface area contributed by atoms with E-state index in [1.807, 2.05) is 30.2 Å². The number of hydrogen-bond acceptors (Lipinski definition) is 5. The first-order valence-corrected chi connectivity index (χ1v) is 12.1. The van der Waals surface area contributed by atoms with Gasteiger partial charge in [-0.3, -0.25) is 9.48 Å². The number of nitrogens with one attached hydrogen (secondary N) is 1. The number of amides is 1. The number of carbonyl (C=O) groups is 1. The first-order valence-electron chi connectivity index (χ1n) is 12.1. The van der Waals surface area contributed by atoms with Gasteiger partial charge in [-0.25, -0.2) is 9.97 Å². The Hall–Kier alpha value is -2.28. The maximum absolute atomic E-state index is 11.8. The molecule has 0 saturated heterocycles. The van der Waals surface area contributed by atoms with Crippen LogP contribution in [0.5, 0.6) is 0 Å². The highest BCUT2D eigenvalue weighted by atomic mass is 16.5. The zero-order valence-corrected chi connectivity index (χ0v) is 19.9. The zero-order chi connectivity index (χ0) is 22.7. The lowest BCUT2D eigenvalue weighted by molar-refractivity contribution is -0.125. The maximum Gasteiger partial charge on any atom is 0.246 e. The minimum Gasteiger partial charge on any atom is -0.375 e. The van der Waals surface area contributed by atoms with Gasteiger partial charge >= 0.3 is 0 Å². The van der Waals surface area contributed by atoms with E-state index in [4.69, 9.17) is 9.72 Å². The van der Waals surface area contributed by atoms with Crippen molar-refractivity contribution in [1.82, 2.24) is 25.1 Å². The molecule has 7 heteroatoms. The summed E-state index contributed by atoms with van der Waals surface area (Å²) in [4.78, 5) is 21.5. The van der Waals surface area contributed by atoms with E-state index in [0.717, 1.165) is 55.1 Å². The number of hydrogen-bond donors (Lipinski definition) is 1. The smallest absolute Gasteiger partial charge is 0.246 e. The van der Waals surface area contributed by atoms with Crippen LogP contribution in [-0.4, -0.2) is 45.4 Å². The average Bonchev–Trinajstić information content (AvgIpc) is 3.55. The third-order valence-corrected chi connectivity index (χ3v) is 7.54. The van der Waals surface area contributed by atoms with Crippen molar-refractivity contribution in [2.75, 3.05) is 13.7 Å². The third-order valence-electron chi connectivity index (χ3n) is 7.54. The number of rotatable bonds is 9. The van der Waals surface area contributed by atoms with Gasteiger partial charge in [0.05, 0.1) is 11.9 Å². The van der Waals surface area contributed by atoms with Gasteiger partial charge in [0.15, 0.2) is 0 Å². The number of aromatic nitrogens is 4. The van der Waals surface area contributed by atoms with E-state index in [-0.39, 0.29) is 24.5 Å². The van der Waals surface area contributed by atoms with E-state index in [0.29, 0.717) is 11.8 Å². The summed E-state index contributed by atoms with van der Waals surface area (Å²) in [6.07, 6.45) is 11.9. The molecule has 2 aliphatic carbocycles. The zero-order valence-electron chi connectivity index (χ0n) is 19.9. The number of nitrogens with zero attached hydrogens (tertiary/aromatic N) is 4. The normalized spacial score (nSPS) is 23.0. The Morgan fingerprint density at radius 1 is 1.22 bits per heavy atom. The third kappa shape index (κ3) is 5.37. The van der Waals surface area contributed by atoms with Gasteiger partial charge in [-0.05, 0) is 68.8 Å². The number of carbonyl (C=O) groups excluding carboxylic acids is 1. The van der Waals surface area contributed by atoms with Crippen LogP contribution in [0.25, 0.3) is 11.3 Å². The first kappa shape index (κ1) is 22.9. The molecule has 1 unspecified atom stereocenters. The van der Waals surface area contributed by atoms with Crippen LogP contribution in [0.15, 0.2) is 18.5 Å². The van der Waals surface area contributed by atoms with Gasteiger partial charge in [-0.2, -0.15) is 5.10 Å². The second-order valence-electron chi connectivity index (χ2n) is 9.84. The minimum atomic E-state index is -0.0148. The van der Waals surface area contributed by atoms with E-state index in [9.17, 15) is 4.79 Å². The Kier molecular flexibility index (Phi) is 7.23. The van der Waals surface area contributed by atoms with Gasteiger partial charge < -0.3 is 10.1 Å². The lowest BCUT2D eigenvalue weighted by atomic mass is 9.74. The molecule has 2 fully saturated rings. The molecular weight excluding hydrogens is 402 g/mol. The van der Waals surface area contributed by atoms with Crippen molar-refractivity contribution in [3.8, 4) is 11.3 Å². The van der Waals surface area contributed by atoms with Gasteiger partial charge in [0, 0.05) is 43.6 Å². The van der Waals surface area contributed by atoms with E-state index in [1.165, 1.54) is 18.5 Å². The Balaban J connectivity index is 1.40. The SMILES string of the molecule is COCC(=O)NC1CCC([C@@H](C)C(C)c2nccc(-c3cnn(C)c3CC3CC3)n2)CC1. The molecule has 32 heavy (non-hydrogen) atoms. The molecule has 2 aromatic heterocycles. The Morgan fingerprint density at radius 2 is 1.97 bits per heavy atom. The molecule has 0 spiro atoms. The molecule has 0 bridgehead atoms. The van der Waals surface area contributed by atoms with Crippen LogP contribution in [0.2, 0.25) is 0 Å². The van der Waals surface area contributed by atoms with Crippen LogP contribution in [0.1, 0.15) is 69.8 Å². The van der Waals surface area contributed by atoms with Crippen LogP contribution in [0, 0.1) is 17.8 Å². The van der Waals surface area contributed by atoms with Crippen LogP contribution in [0.4, 0.5) is 0 Å². The van der Waals surface area contributed by atoms with E-state index >= 15 is 0 Å². The van der Waals surface area contributed by atoms with Crippen LogP contribution < -0.4 is 5.32 Å². The maximum atomic E-state index is 11.8.